The van der Waals surface area contributed by atoms with Gasteiger partial charge in [-0.3, -0.25) is 0 Å². The van der Waals surface area contributed by atoms with Gasteiger partial charge in [0.2, 0.25) is 5.82 Å². The molecule has 0 bridgehead atoms. The van der Waals surface area contributed by atoms with E-state index in [9.17, 15) is 22.0 Å². The van der Waals surface area contributed by atoms with Gasteiger partial charge < -0.3 is 10.4 Å². The summed E-state index contributed by atoms with van der Waals surface area (Å²) in [6.07, 6.45) is 1.98. The smallest absolute Gasteiger partial charge is 0.200 e. The van der Waals surface area contributed by atoms with Crippen molar-refractivity contribution in [3.63, 3.8) is 0 Å². The highest BCUT2D eigenvalue weighted by molar-refractivity contribution is 5.51. The summed E-state index contributed by atoms with van der Waals surface area (Å²) in [5.41, 5.74) is -0.989. The third kappa shape index (κ3) is 3.05. The standard InChI is InChI=1S/C11H10F5NO/c12-7-6(2-1-3-17-4-5-18)8(13)10(15)11(16)9(7)14/h1-2,17-18H,3-5H2. The van der Waals surface area contributed by atoms with Gasteiger partial charge in [-0.2, -0.15) is 0 Å². The zero-order valence-corrected chi connectivity index (χ0v) is 9.11. The van der Waals surface area contributed by atoms with Crippen LogP contribution >= 0.6 is 0 Å². The molecule has 1 rings (SSSR count). The highest BCUT2D eigenvalue weighted by atomic mass is 19.2. The largest absolute Gasteiger partial charge is 0.395 e. The second-order valence-electron chi connectivity index (χ2n) is 3.31. The van der Waals surface area contributed by atoms with Crippen molar-refractivity contribution in [1.82, 2.24) is 5.32 Å². The van der Waals surface area contributed by atoms with E-state index in [2.05, 4.69) is 5.32 Å². The number of rotatable bonds is 5. The van der Waals surface area contributed by atoms with E-state index in [-0.39, 0.29) is 19.7 Å². The van der Waals surface area contributed by atoms with E-state index in [4.69, 9.17) is 5.11 Å². The molecule has 0 aliphatic rings. The fourth-order valence-electron chi connectivity index (χ4n) is 1.21. The van der Waals surface area contributed by atoms with E-state index in [0.29, 0.717) is 0 Å². The van der Waals surface area contributed by atoms with Gasteiger partial charge in [-0.25, -0.2) is 22.0 Å². The van der Waals surface area contributed by atoms with Crippen LogP contribution in [0.5, 0.6) is 0 Å². The summed E-state index contributed by atoms with van der Waals surface area (Å²) >= 11 is 0. The third-order valence-corrected chi connectivity index (χ3v) is 2.08. The monoisotopic (exact) mass is 267 g/mol. The van der Waals surface area contributed by atoms with Crippen molar-refractivity contribution in [3.8, 4) is 0 Å². The second-order valence-corrected chi connectivity index (χ2v) is 3.31. The number of benzene rings is 1. The number of aliphatic hydroxyl groups excluding tert-OH is 1. The van der Waals surface area contributed by atoms with Crippen LogP contribution in [0.4, 0.5) is 22.0 Å². The Bertz CT molecular complexity index is 432. The second kappa shape index (κ2) is 6.46. The molecule has 100 valence electrons. The minimum Gasteiger partial charge on any atom is -0.395 e. The van der Waals surface area contributed by atoms with Crippen LogP contribution in [0.25, 0.3) is 6.08 Å². The van der Waals surface area contributed by atoms with E-state index in [1.165, 1.54) is 6.08 Å². The molecular weight excluding hydrogens is 257 g/mol. The minimum atomic E-state index is -2.18. The molecule has 0 saturated carbocycles. The molecule has 0 saturated heterocycles. The van der Waals surface area contributed by atoms with Crippen molar-refractivity contribution in [1.29, 1.82) is 0 Å². The van der Waals surface area contributed by atoms with Crippen LogP contribution in [0.3, 0.4) is 0 Å². The lowest BCUT2D eigenvalue weighted by Gasteiger charge is -2.04. The number of halogens is 5. The molecule has 0 aliphatic heterocycles. The van der Waals surface area contributed by atoms with Crippen molar-refractivity contribution >= 4 is 6.08 Å². The number of nitrogens with one attached hydrogen (secondary N) is 1. The molecule has 18 heavy (non-hydrogen) atoms. The fourth-order valence-corrected chi connectivity index (χ4v) is 1.21. The van der Waals surface area contributed by atoms with E-state index in [1.807, 2.05) is 0 Å². The van der Waals surface area contributed by atoms with Gasteiger partial charge in [-0.05, 0) is 0 Å². The Kier molecular flexibility index (Phi) is 5.24. The normalized spacial score (nSPS) is 11.4. The SMILES string of the molecule is OCCNCC=Cc1c(F)c(F)c(F)c(F)c1F. The van der Waals surface area contributed by atoms with Crippen molar-refractivity contribution in [2.24, 2.45) is 0 Å². The van der Waals surface area contributed by atoms with E-state index >= 15 is 0 Å². The first-order valence-corrected chi connectivity index (χ1v) is 5.00. The van der Waals surface area contributed by atoms with Crippen molar-refractivity contribution in [2.45, 2.75) is 0 Å². The first-order valence-electron chi connectivity index (χ1n) is 5.00. The Hall–Kier alpha value is -1.47. The van der Waals surface area contributed by atoms with E-state index < -0.39 is 34.6 Å². The lowest BCUT2D eigenvalue weighted by molar-refractivity contribution is 0.294. The molecule has 1 aromatic rings. The van der Waals surface area contributed by atoms with Crippen LogP contribution in [0.1, 0.15) is 5.56 Å². The summed E-state index contributed by atoms with van der Waals surface area (Å²) in [4.78, 5) is 0. The van der Waals surface area contributed by atoms with Gasteiger partial charge in [0.05, 0.1) is 12.2 Å². The third-order valence-electron chi connectivity index (χ3n) is 2.08. The predicted octanol–water partition coefficient (Wildman–Crippen LogP) is 1.98. The molecule has 0 unspecified atom stereocenters. The molecule has 2 N–H and O–H groups in total. The van der Waals surface area contributed by atoms with Crippen LogP contribution in [-0.2, 0) is 0 Å². The summed E-state index contributed by atoms with van der Waals surface area (Å²) in [6.45, 7) is 0.248. The molecule has 0 aliphatic carbocycles. The maximum atomic E-state index is 13.1. The summed E-state index contributed by atoms with van der Waals surface area (Å²) in [5, 5.41) is 11.1. The van der Waals surface area contributed by atoms with Gasteiger partial charge in [0.25, 0.3) is 0 Å². The summed E-state index contributed by atoms with van der Waals surface area (Å²) in [6, 6.07) is 0. The summed E-state index contributed by atoms with van der Waals surface area (Å²) in [7, 11) is 0. The van der Waals surface area contributed by atoms with Gasteiger partial charge in [0.1, 0.15) is 0 Å². The van der Waals surface area contributed by atoms with Gasteiger partial charge in [-0.15, -0.1) is 0 Å². The van der Waals surface area contributed by atoms with Crippen LogP contribution in [0, 0.1) is 29.1 Å². The topological polar surface area (TPSA) is 32.3 Å². The van der Waals surface area contributed by atoms with Gasteiger partial charge in [0.15, 0.2) is 23.3 Å². The van der Waals surface area contributed by atoms with Crippen LogP contribution < -0.4 is 5.32 Å². The van der Waals surface area contributed by atoms with Gasteiger partial charge >= 0.3 is 0 Å². The molecule has 1 aromatic carbocycles. The lowest BCUT2D eigenvalue weighted by Crippen LogP contribution is -2.17. The summed E-state index contributed by atoms with van der Waals surface area (Å²) in [5.74, 6) is -9.87. The average Bonchev–Trinajstić information content (AvgIpc) is 2.37. The highest BCUT2D eigenvalue weighted by Crippen LogP contribution is 2.23. The first kappa shape index (κ1) is 14.6. The maximum Gasteiger partial charge on any atom is 0.200 e. The molecule has 0 fully saturated rings. The molecule has 0 heterocycles. The minimum absolute atomic E-state index is 0.125. The van der Waals surface area contributed by atoms with Gasteiger partial charge in [-0.1, -0.05) is 12.2 Å². The lowest BCUT2D eigenvalue weighted by atomic mass is 10.1. The van der Waals surface area contributed by atoms with Gasteiger partial charge in [0, 0.05) is 13.1 Å². The van der Waals surface area contributed by atoms with E-state index in [0.717, 1.165) is 6.08 Å². The number of aliphatic hydroxyl groups is 1. The highest BCUT2D eigenvalue weighted by Gasteiger charge is 2.23. The zero-order chi connectivity index (χ0) is 13.7. The maximum absolute atomic E-state index is 13.1. The predicted molar refractivity (Wildman–Crippen MR) is 55.2 cm³/mol. The average molecular weight is 267 g/mol. The molecule has 0 amide bonds. The molecule has 7 heteroatoms. The molecule has 2 nitrogen and oxygen atoms in total. The number of hydrogen-bond acceptors (Lipinski definition) is 2. The van der Waals surface area contributed by atoms with Crippen molar-refractivity contribution in [3.05, 3.63) is 40.7 Å². The Labute approximate surface area is 99.7 Å². The van der Waals surface area contributed by atoms with Crippen molar-refractivity contribution < 1.29 is 27.1 Å². The first-order chi connectivity index (χ1) is 8.50. The Morgan fingerprint density at radius 3 is 1.89 bits per heavy atom. The Balaban J connectivity index is 2.96. The van der Waals surface area contributed by atoms with Crippen LogP contribution in [-0.4, -0.2) is 24.8 Å². The quantitative estimate of drug-likeness (QED) is 0.370. The number of hydrogen-bond donors (Lipinski definition) is 2. The molecule has 0 radical (unpaired) electrons. The van der Waals surface area contributed by atoms with Crippen LogP contribution in [0.2, 0.25) is 0 Å². The van der Waals surface area contributed by atoms with Crippen molar-refractivity contribution in [2.75, 3.05) is 19.7 Å². The van der Waals surface area contributed by atoms with Crippen LogP contribution in [0.15, 0.2) is 6.08 Å². The summed E-state index contributed by atoms with van der Waals surface area (Å²) < 4.78 is 64.6. The fraction of sp³-hybridized carbons (Fsp3) is 0.273. The molecule has 0 spiro atoms. The zero-order valence-electron chi connectivity index (χ0n) is 9.11. The Morgan fingerprint density at radius 2 is 1.39 bits per heavy atom. The van der Waals surface area contributed by atoms with E-state index in [1.54, 1.807) is 0 Å². The molecule has 0 atom stereocenters. The Morgan fingerprint density at radius 1 is 0.889 bits per heavy atom. The molecular formula is C11H10F5NO. The molecule has 0 aromatic heterocycles.